The van der Waals surface area contributed by atoms with Crippen molar-refractivity contribution in [3.63, 3.8) is 0 Å². The second kappa shape index (κ2) is 7.39. The van der Waals surface area contributed by atoms with Crippen molar-refractivity contribution in [3.05, 3.63) is 53.1 Å². The lowest BCUT2D eigenvalue weighted by Gasteiger charge is -2.32. The molecule has 128 valence electrons. The number of imidazole rings is 1. The second-order valence-electron chi connectivity index (χ2n) is 6.84. The Morgan fingerprint density at radius 1 is 1.33 bits per heavy atom. The van der Waals surface area contributed by atoms with Gasteiger partial charge in [-0.15, -0.1) is 0 Å². The Kier molecular flexibility index (Phi) is 5.24. The first-order chi connectivity index (χ1) is 11.5. The second-order valence-corrected chi connectivity index (χ2v) is 7.27. The highest BCUT2D eigenvalue weighted by Gasteiger charge is 2.24. The lowest BCUT2D eigenvalue weighted by molar-refractivity contribution is 0.0682. The van der Waals surface area contributed by atoms with Gasteiger partial charge in [0.2, 0.25) is 0 Å². The first-order valence-electron chi connectivity index (χ1n) is 8.60. The lowest BCUT2D eigenvalue weighted by Crippen LogP contribution is -2.39. The maximum atomic E-state index is 12.6. The van der Waals surface area contributed by atoms with Crippen LogP contribution in [0.15, 0.2) is 36.7 Å². The van der Waals surface area contributed by atoms with Crippen molar-refractivity contribution in [1.29, 1.82) is 0 Å². The van der Waals surface area contributed by atoms with Gasteiger partial charge in [-0.1, -0.05) is 31.5 Å². The van der Waals surface area contributed by atoms with Crippen molar-refractivity contribution in [2.24, 2.45) is 5.92 Å². The van der Waals surface area contributed by atoms with Crippen LogP contribution in [0.1, 0.15) is 48.8 Å². The van der Waals surface area contributed by atoms with Crippen molar-refractivity contribution in [2.75, 3.05) is 13.1 Å². The highest BCUT2D eigenvalue weighted by Crippen LogP contribution is 2.23. The standard InChI is InChI=1S/C19H24ClN3O/c1-14(2)18-21-8-11-23(18)13-15-6-9-22(10-7-15)19(24)16-4-3-5-17(20)12-16/h3-5,8,11-12,14-15H,6-7,9-10,13H2,1-2H3. The van der Waals surface area contributed by atoms with Crippen LogP contribution in [0.3, 0.4) is 0 Å². The predicted octanol–water partition coefficient (Wildman–Crippen LogP) is 4.21. The zero-order chi connectivity index (χ0) is 17.1. The van der Waals surface area contributed by atoms with Gasteiger partial charge in [0.25, 0.3) is 5.91 Å². The van der Waals surface area contributed by atoms with Gasteiger partial charge in [-0.05, 0) is 37.0 Å². The van der Waals surface area contributed by atoms with Crippen LogP contribution in [-0.2, 0) is 6.54 Å². The normalized spacial score (nSPS) is 15.9. The fraction of sp³-hybridized carbons (Fsp3) is 0.474. The molecule has 2 heterocycles. The number of carbonyl (C=O) groups is 1. The van der Waals surface area contributed by atoms with E-state index in [0.717, 1.165) is 38.3 Å². The molecule has 1 fully saturated rings. The van der Waals surface area contributed by atoms with Crippen molar-refractivity contribution in [2.45, 2.75) is 39.2 Å². The van der Waals surface area contributed by atoms with E-state index >= 15 is 0 Å². The minimum absolute atomic E-state index is 0.0847. The predicted molar refractivity (Wildman–Crippen MR) is 96.4 cm³/mol. The summed E-state index contributed by atoms with van der Waals surface area (Å²) in [5.41, 5.74) is 0.678. The van der Waals surface area contributed by atoms with Crippen LogP contribution < -0.4 is 0 Å². The van der Waals surface area contributed by atoms with E-state index in [2.05, 4.69) is 29.6 Å². The number of hydrogen-bond acceptors (Lipinski definition) is 2. The molecule has 0 unspecified atom stereocenters. The Hall–Kier alpha value is -1.81. The average Bonchev–Trinajstić information content (AvgIpc) is 3.03. The summed E-state index contributed by atoms with van der Waals surface area (Å²) >= 11 is 5.99. The molecule has 1 aromatic heterocycles. The molecule has 0 spiro atoms. The van der Waals surface area contributed by atoms with Crippen LogP contribution in [0.4, 0.5) is 0 Å². The Labute approximate surface area is 148 Å². The minimum Gasteiger partial charge on any atom is -0.339 e. The molecule has 0 saturated carbocycles. The number of hydrogen-bond donors (Lipinski definition) is 0. The molecule has 3 rings (SSSR count). The summed E-state index contributed by atoms with van der Waals surface area (Å²) in [4.78, 5) is 19.0. The number of benzene rings is 1. The van der Waals surface area contributed by atoms with Crippen LogP contribution in [0.25, 0.3) is 0 Å². The van der Waals surface area contributed by atoms with Crippen molar-refractivity contribution in [1.82, 2.24) is 14.5 Å². The van der Waals surface area contributed by atoms with E-state index < -0.39 is 0 Å². The van der Waals surface area contributed by atoms with Crippen molar-refractivity contribution < 1.29 is 4.79 Å². The van der Waals surface area contributed by atoms with Crippen LogP contribution in [0, 0.1) is 5.92 Å². The summed E-state index contributed by atoms with van der Waals surface area (Å²) in [6, 6.07) is 7.20. The van der Waals surface area contributed by atoms with Gasteiger partial charge in [0.15, 0.2) is 0 Å². The molecule has 0 bridgehead atoms. The summed E-state index contributed by atoms with van der Waals surface area (Å²) < 4.78 is 2.27. The molecular weight excluding hydrogens is 322 g/mol. The minimum atomic E-state index is 0.0847. The van der Waals surface area contributed by atoms with Crippen LogP contribution in [0.5, 0.6) is 0 Å². The quantitative estimate of drug-likeness (QED) is 0.832. The zero-order valence-corrected chi connectivity index (χ0v) is 15.0. The summed E-state index contributed by atoms with van der Waals surface area (Å²) in [5, 5.41) is 0.608. The molecule has 4 nitrogen and oxygen atoms in total. The van der Waals surface area contributed by atoms with Gasteiger partial charge in [-0.25, -0.2) is 4.98 Å². The maximum absolute atomic E-state index is 12.6. The zero-order valence-electron chi connectivity index (χ0n) is 14.3. The van der Waals surface area contributed by atoms with E-state index in [0.29, 0.717) is 22.4 Å². The third kappa shape index (κ3) is 3.81. The Morgan fingerprint density at radius 3 is 2.75 bits per heavy atom. The Balaban J connectivity index is 1.58. The van der Waals surface area contributed by atoms with E-state index in [4.69, 9.17) is 11.6 Å². The van der Waals surface area contributed by atoms with Crippen LogP contribution in [-0.4, -0.2) is 33.4 Å². The SMILES string of the molecule is CC(C)c1nccn1CC1CCN(C(=O)c2cccc(Cl)c2)CC1. The Morgan fingerprint density at radius 2 is 2.08 bits per heavy atom. The van der Waals surface area contributed by atoms with Gasteiger partial charge in [-0.3, -0.25) is 4.79 Å². The first-order valence-corrected chi connectivity index (χ1v) is 8.98. The van der Waals surface area contributed by atoms with E-state index in [9.17, 15) is 4.79 Å². The molecule has 1 aliphatic rings. The number of rotatable bonds is 4. The van der Waals surface area contributed by atoms with E-state index in [1.54, 1.807) is 12.1 Å². The molecule has 0 aliphatic carbocycles. The molecule has 1 aromatic carbocycles. The van der Waals surface area contributed by atoms with E-state index in [-0.39, 0.29) is 5.91 Å². The molecule has 0 atom stereocenters. The van der Waals surface area contributed by atoms with E-state index in [1.807, 2.05) is 23.2 Å². The molecule has 24 heavy (non-hydrogen) atoms. The van der Waals surface area contributed by atoms with Crippen LogP contribution >= 0.6 is 11.6 Å². The fourth-order valence-electron chi connectivity index (χ4n) is 3.38. The van der Waals surface area contributed by atoms with Gasteiger partial charge >= 0.3 is 0 Å². The first kappa shape index (κ1) is 17.0. The van der Waals surface area contributed by atoms with Gasteiger partial charge in [0, 0.05) is 48.5 Å². The topological polar surface area (TPSA) is 38.1 Å². The van der Waals surface area contributed by atoms with Gasteiger partial charge in [0.05, 0.1) is 0 Å². The molecular formula is C19H24ClN3O. The van der Waals surface area contributed by atoms with Crippen LogP contribution in [0.2, 0.25) is 5.02 Å². The van der Waals surface area contributed by atoms with Gasteiger partial charge < -0.3 is 9.47 Å². The maximum Gasteiger partial charge on any atom is 0.253 e. The van der Waals surface area contributed by atoms with Crippen molar-refractivity contribution in [3.8, 4) is 0 Å². The third-order valence-electron chi connectivity index (χ3n) is 4.69. The lowest BCUT2D eigenvalue weighted by atomic mass is 9.96. The summed E-state index contributed by atoms with van der Waals surface area (Å²) in [6.07, 6.45) is 6.01. The largest absolute Gasteiger partial charge is 0.339 e. The Bertz CT molecular complexity index is 702. The van der Waals surface area contributed by atoms with Gasteiger partial charge in [0.1, 0.15) is 5.82 Å². The van der Waals surface area contributed by atoms with Gasteiger partial charge in [-0.2, -0.15) is 0 Å². The summed E-state index contributed by atoms with van der Waals surface area (Å²) in [7, 11) is 0. The molecule has 1 aliphatic heterocycles. The summed E-state index contributed by atoms with van der Waals surface area (Å²) in [6.45, 7) is 6.95. The number of likely N-dealkylation sites (tertiary alicyclic amines) is 1. The number of halogens is 1. The highest BCUT2D eigenvalue weighted by molar-refractivity contribution is 6.30. The molecule has 0 radical (unpaired) electrons. The highest BCUT2D eigenvalue weighted by atomic mass is 35.5. The number of amides is 1. The monoisotopic (exact) mass is 345 g/mol. The number of piperidine rings is 1. The number of aromatic nitrogens is 2. The third-order valence-corrected chi connectivity index (χ3v) is 4.93. The fourth-order valence-corrected chi connectivity index (χ4v) is 3.57. The average molecular weight is 346 g/mol. The smallest absolute Gasteiger partial charge is 0.253 e. The molecule has 1 saturated heterocycles. The molecule has 0 N–H and O–H groups in total. The molecule has 5 heteroatoms. The van der Waals surface area contributed by atoms with Crippen molar-refractivity contribution >= 4 is 17.5 Å². The molecule has 2 aromatic rings. The number of nitrogens with zero attached hydrogens (tertiary/aromatic N) is 3. The number of carbonyl (C=O) groups excluding carboxylic acids is 1. The molecule has 1 amide bonds. The van der Waals surface area contributed by atoms with E-state index in [1.165, 1.54) is 0 Å². The summed E-state index contributed by atoms with van der Waals surface area (Å²) in [5.74, 6) is 2.26.